The molecule has 0 saturated carbocycles. The molecule has 438 valence electrons. The molecule has 6 atom stereocenters. The van der Waals surface area contributed by atoms with Crippen molar-refractivity contribution < 1.29 is 59.2 Å². The second-order valence-corrected chi connectivity index (χ2v) is 22.9. The number of likely N-dealkylation sites (tertiary alicyclic amines) is 3. The van der Waals surface area contributed by atoms with Gasteiger partial charge in [0.05, 0.1) is 33.4 Å². The number of aliphatic hydroxyl groups excluding tert-OH is 3. The molecular formula is C63H60Cl3N3O15. The zero-order valence-corrected chi connectivity index (χ0v) is 47.9. The van der Waals surface area contributed by atoms with Gasteiger partial charge in [0.2, 0.25) is 0 Å². The maximum atomic E-state index is 12.8. The van der Waals surface area contributed by atoms with Crippen molar-refractivity contribution in [3.63, 3.8) is 0 Å². The predicted octanol–water partition coefficient (Wildman–Crippen LogP) is 9.91. The number of rotatable bonds is 6. The number of halogens is 3. The van der Waals surface area contributed by atoms with Crippen molar-refractivity contribution in [2.24, 2.45) is 0 Å². The number of phenols is 6. The minimum atomic E-state index is -0.744. The SMILES string of the molecule is CN1CC[C@H](c2c(O)cc(O)c3c(=O)cc(-c4ccccc4Cl)oc23)[C@H](O)C1.CN1CC[C@H](c2c(O)cc(O)c3c(=O)cc(-c4ccccc4Cl)oc23)[C@H](O)C1.CN1CC[C@H](c2c(O)cc(O)c3c(=O)cc(-c4ccccc4Cl)oc23)[C@H](O)C1. The largest absolute Gasteiger partial charge is 0.507 e. The summed E-state index contributed by atoms with van der Waals surface area (Å²) in [7, 11) is 5.72. The van der Waals surface area contributed by atoms with E-state index in [-0.39, 0.29) is 84.7 Å². The number of likely N-dealkylation sites (N-methyl/N-ethyl adjacent to an activating group) is 3. The minimum Gasteiger partial charge on any atom is -0.507 e. The highest BCUT2D eigenvalue weighted by Gasteiger charge is 2.36. The molecule has 0 radical (unpaired) electrons. The Hall–Kier alpha value is -7.62. The van der Waals surface area contributed by atoms with Gasteiger partial charge >= 0.3 is 0 Å². The van der Waals surface area contributed by atoms with Crippen molar-refractivity contribution in [3.8, 4) is 68.5 Å². The van der Waals surface area contributed by atoms with Crippen LogP contribution >= 0.6 is 34.8 Å². The first-order valence-corrected chi connectivity index (χ1v) is 28.2. The fourth-order valence-electron chi connectivity index (χ4n) is 11.7. The zero-order valence-electron chi connectivity index (χ0n) is 45.7. The average Bonchev–Trinajstić information content (AvgIpc) is 0.983. The summed E-state index contributed by atoms with van der Waals surface area (Å²) in [5.74, 6) is -2.30. The highest BCUT2D eigenvalue weighted by Crippen LogP contribution is 2.47. The lowest BCUT2D eigenvalue weighted by Gasteiger charge is -2.34. The molecule has 12 rings (SSSR count). The molecule has 3 fully saturated rings. The van der Waals surface area contributed by atoms with Gasteiger partial charge in [-0.05, 0) is 96.4 Å². The Morgan fingerprint density at radius 3 is 0.881 bits per heavy atom. The van der Waals surface area contributed by atoms with Gasteiger partial charge in [-0.25, -0.2) is 0 Å². The van der Waals surface area contributed by atoms with E-state index in [1.54, 1.807) is 72.8 Å². The van der Waals surface area contributed by atoms with Crippen LogP contribution in [0.5, 0.6) is 34.5 Å². The van der Waals surface area contributed by atoms with Gasteiger partial charge in [0, 0.05) is 107 Å². The van der Waals surface area contributed by atoms with Crippen molar-refractivity contribution in [1.82, 2.24) is 14.7 Å². The average molecular weight is 1210 g/mol. The van der Waals surface area contributed by atoms with E-state index >= 15 is 0 Å². The van der Waals surface area contributed by atoms with E-state index < -0.39 is 52.4 Å². The van der Waals surface area contributed by atoms with E-state index in [2.05, 4.69) is 0 Å². The number of β-amino-alcohol motifs (C(OH)–C–C–N with tert-alkyl or cyclic N) is 3. The van der Waals surface area contributed by atoms with Crippen LogP contribution in [0.2, 0.25) is 15.1 Å². The number of hydrogen-bond donors (Lipinski definition) is 9. The zero-order chi connectivity index (χ0) is 60.0. The molecule has 3 aliphatic rings. The molecule has 9 N–H and O–H groups in total. The third-order valence-electron chi connectivity index (χ3n) is 15.9. The summed E-state index contributed by atoms with van der Waals surface area (Å²) >= 11 is 18.7. The van der Waals surface area contributed by atoms with Gasteiger partial charge in [0.25, 0.3) is 0 Å². The lowest BCUT2D eigenvalue weighted by Crippen LogP contribution is -2.40. The van der Waals surface area contributed by atoms with E-state index in [0.717, 1.165) is 37.8 Å². The highest BCUT2D eigenvalue weighted by atomic mass is 35.5. The number of nitrogens with zero attached hydrogens (tertiary/aromatic N) is 3. The Balaban J connectivity index is 0.000000140. The molecule has 6 aromatic carbocycles. The van der Waals surface area contributed by atoms with Gasteiger partial charge < -0.3 is 73.9 Å². The number of fused-ring (bicyclic) bond motifs is 3. The first kappa shape index (κ1) is 59.5. The van der Waals surface area contributed by atoms with Gasteiger partial charge in [0.1, 0.15) is 84.7 Å². The van der Waals surface area contributed by atoms with E-state index in [1.807, 2.05) is 35.8 Å². The molecule has 84 heavy (non-hydrogen) atoms. The van der Waals surface area contributed by atoms with Crippen LogP contribution in [-0.4, -0.2) is 139 Å². The fourth-order valence-corrected chi connectivity index (χ4v) is 12.4. The quantitative estimate of drug-likeness (QED) is 0.0748. The molecular weight excluding hydrogens is 1150 g/mol. The summed E-state index contributed by atoms with van der Waals surface area (Å²) < 4.78 is 18.0. The molecule has 0 spiro atoms. The van der Waals surface area contributed by atoms with Crippen molar-refractivity contribution >= 4 is 67.7 Å². The third-order valence-corrected chi connectivity index (χ3v) is 16.9. The van der Waals surface area contributed by atoms with E-state index in [4.69, 9.17) is 48.1 Å². The topological polar surface area (TPSA) is 282 Å². The van der Waals surface area contributed by atoms with Gasteiger partial charge in [-0.1, -0.05) is 71.2 Å². The Bertz CT molecular complexity index is 3750. The van der Waals surface area contributed by atoms with Crippen LogP contribution in [0.15, 0.2) is 137 Å². The molecule has 3 aromatic heterocycles. The minimum absolute atomic E-state index is 0.0188. The van der Waals surface area contributed by atoms with Crippen LogP contribution in [-0.2, 0) is 0 Å². The van der Waals surface area contributed by atoms with Crippen molar-refractivity contribution in [3.05, 3.63) is 172 Å². The van der Waals surface area contributed by atoms with Crippen LogP contribution in [0.3, 0.4) is 0 Å². The molecule has 0 bridgehead atoms. The lowest BCUT2D eigenvalue weighted by atomic mass is 9.85. The number of hydrogen-bond acceptors (Lipinski definition) is 18. The van der Waals surface area contributed by atoms with Crippen LogP contribution in [0.4, 0.5) is 0 Å². The van der Waals surface area contributed by atoms with Crippen LogP contribution < -0.4 is 16.3 Å². The Kier molecular flexibility index (Phi) is 17.4. The van der Waals surface area contributed by atoms with Crippen LogP contribution in [0.25, 0.3) is 66.9 Å². The third kappa shape index (κ3) is 11.8. The molecule has 9 aromatic rings. The maximum Gasteiger partial charge on any atom is 0.197 e. The predicted molar refractivity (Wildman–Crippen MR) is 321 cm³/mol. The number of aliphatic hydroxyl groups is 3. The summed E-state index contributed by atoms with van der Waals surface area (Å²) in [5, 5.41) is 95.4. The molecule has 3 saturated heterocycles. The van der Waals surface area contributed by atoms with Gasteiger partial charge in [-0.15, -0.1) is 0 Å². The summed E-state index contributed by atoms with van der Waals surface area (Å²) in [5.41, 5.74) is 1.48. The first-order valence-electron chi connectivity index (χ1n) is 27.0. The Labute approximate surface area is 495 Å². The summed E-state index contributed by atoms with van der Waals surface area (Å²) in [4.78, 5) is 44.3. The standard InChI is InChI=1S/3C21H20ClNO5/c3*1-23-7-6-12(17(27)10-23)19-14(24)8-15(25)20-16(26)9-18(28-21(19)20)11-4-2-3-5-13(11)22/h3*2-5,8-9,12,17,24-25,27H,6-7,10H2,1H3/t3*12-,17+/m000/s1. The second-order valence-electron chi connectivity index (χ2n) is 21.6. The lowest BCUT2D eigenvalue weighted by molar-refractivity contribution is 0.0629. The van der Waals surface area contributed by atoms with Crippen molar-refractivity contribution in [2.75, 3.05) is 60.4 Å². The molecule has 0 aliphatic carbocycles. The Morgan fingerprint density at radius 2 is 0.643 bits per heavy atom. The first-order chi connectivity index (χ1) is 40.1. The summed E-state index contributed by atoms with van der Waals surface area (Å²) in [6.07, 6.45) is -0.508. The number of piperidine rings is 3. The molecule has 0 amide bonds. The molecule has 18 nitrogen and oxygen atoms in total. The monoisotopic (exact) mass is 1200 g/mol. The molecule has 21 heteroatoms. The normalized spacial score (nSPS) is 20.5. The Morgan fingerprint density at radius 1 is 0.393 bits per heavy atom. The molecule has 3 aliphatic heterocycles. The smallest absolute Gasteiger partial charge is 0.197 e. The van der Waals surface area contributed by atoms with Crippen molar-refractivity contribution in [2.45, 2.75) is 55.3 Å². The van der Waals surface area contributed by atoms with E-state index in [0.29, 0.717) is 87.3 Å². The van der Waals surface area contributed by atoms with E-state index in [1.165, 1.54) is 18.2 Å². The summed E-state index contributed by atoms with van der Waals surface area (Å²) in [6.45, 7) is 3.46. The maximum absolute atomic E-state index is 12.8. The van der Waals surface area contributed by atoms with Crippen LogP contribution in [0, 0.1) is 0 Å². The number of benzene rings is 6. The van der Waals surface area contributed by atoms with Crippen LogP contribution in [0.1, 0.15) is 53.7 Å². The van der Waals surface area contributed by atoms with Gasteiger partial charge in [-0.3, -0.25) is 14.4 Å². The molecule has 0 unspecified atom stereocenters. The summed E-state index contributed by atoms with van der Waals surface area (Å²) in [6, 6.07) is 28.0. The van der Waals surface area contributed by atoms with Crippen molar-refractivity contribution in [1.29, 1.82) is 0 Å². The second kappa shape index (κ2) is 24.5. The van der Waals surface area contributed by atoms with E-state index in [9.17, 15) is 60.3 Å². The fraction of sp³-hybridized carbons (Fsp3) is 0.286. The number of phenolic OH excluding ortho intramolecular Hbond substituents is 6. The van der Waals surface area contributed by atoms with Gasteiger partial charge in [0.15, 0.2) is 16.3 Å². The van der Waals surface area contributed by atoms with Gasteiger partial charge in [-0.2, -0.15) is 0 Å². The highest BCUT2D eigenvalue weighted by molar-refractivity contribution is 6.34. The molecule has 6 heterocycles. The number of aromatic hydroxyl groups is 6.